The Labute approximate surface area is 63.0 Å². The molecule has 0 atom stereocenters. The van der Waals surface area contributed by atoms with Gasteiger partial charge in [0, 0.05) is 6.04 Å². The molecule has 1 fully saturated rings. The van der Waals surface area contributed by atoms with Crippen LogP contribution >= 0.6 is 0 Å². The van der Waals surface area contributed by atoms with Crippen molar-refractivity contribution in [2.24, 2.45) is 0 Å². The first-order valence-corrected chi connectivity index (χ1v) is 3.95. The van der Waals surface area contributed by atoms with Gasteiger partial charge in [-0.25, -0.2) is 0 Å². The van der Waals surface area contributed by atoms with Crippen molar-refractivity contribution in [2.45, 2.75) is 45.3 Å². The summed E-state index contributed by atoms with van der Waals surface area (Å²) in [5.41, 5.74) is 0.00188. The standard InChI is InChI=1S/C8H17NO/c1-8(2,3)10-6-9-7-4-5-7/h7,9H,4-6H2,1-3H3. The van der Waals surface area contributed by atoms with Crippen LogP contribution in [0, 0.1) is 0 Å². The minimum atomic E-state index is 0.00188. The second-order valence-corrected chi connectivity index (χ2v) is 3.88. The predicted molar refractivity (Wildman–Crippen MR) is 41.9 cm³/mol. The van der Waals surface area contributed by atoms with Crippen LogP contribution in [0.15, 0.2) is 0 Å². The normalized spacial score (nSPS) is 19.5. The van der Waals surface area contributed by atoms with Crippen molar-refractivity contribution < 1.29 is 4.74 Å². The molecule has 10 heavy (non-hydrogen) atoms. The lowest BCUT2D eigenvalue weighted by Gasteiger charge is -2.19. The molecule has 0 bridgehead atoms. The first kappa shape index (κ1) is 8.02. The molecule has 0 heterocycles. The third-order valence-corrected chi connectivity index (χ3v) is 1.45. The van der Waals surface area contributed by atoms with E-state index in [1.165, 1.54) is 12.8 Å². The molecule has 0 aliphatic heterocycles. The molecule has 0 saturated heterocycles. The Morgan fingerprint density at radius 3 is 2.40 bits per heavy atom. The maximum Gasteiger partial charge on any atom is 0.0974 e. The molecule has 0 aromatic carbocycles. The molecule has 2 heteroatoms. The zero-order valence-corrected chi connectivity index (χ0v) is 7.11. The Morgan fingerprint density at radius 2 is 2.00 bits per heavy atom. The quantitative estimate of drug-likeness (QED) is 0.605. The maximum absolute atomic E-state index is 5.47. The summed E-state index contributed by atoms with van der Waals surface area (Å²) < 4.78 is 5.47. The Morgan fingerprint density at radius 1 is 1.40 bits per heavy atom. The summed E-state index contributed by atoms with van der Waals surface area (Å²) in [5.74, 6) is 0. The first-order valence-electron chi connectivity index (χ1n) is 3.95. The SMILES string of the molecule is CC(C)(C)OCNC1CC1. The third-order valence-electron chi connectivity index (χ3n) is 1.45. The lowest BCUT2D eigenvalue weighted by molar-refractivity contribution is -0.0137. The van der Waals surface area contributed by atoms with Gasteiger partial charge >= 0.3 is 0 Å². The van der Waals surface area contributed by atoms with E-state index in [4.69, 9.17) is 4.74 Å². The maximum atomic E-state index is 5.47. The number of hydrogen-bond acceptors (Lipinski definition) is 2. The molecule has 0 unspecified atom stereocenters. The van der Waals surface area contributed by atoms with Crippen LogP contribution in [0.4, 0.5) is 0 Å². The van der Waals surface area contributed by atoms with E-state index in [1.807, 2.05) is 0 Å². The monoisotopic (exact) mass is 143 g/mol. The lowest BCUT2D eigenvalue weighted by atomic mass is 10.2. The molecule has 1 aliphatic carbocycles. The van der Waals surface area contributed by atoms with Gasteiger partial charge < -0.3 is 4.74 Å². The molecule has 1 N–H and O–H groups in total. The van der Waals surface area contributed by atoms with Crippen molar-refractivity contribution in [2.75, 3.05) is 6.73 Å². The molecule has 1 aliphatic rings. The Hall–Kier alpha value is -0.0800. The summed E-state index contributed by atoms with van der Waals surface area (Å²) in [5, 5.41) is 3.29. The van der Waals surface area contributed by atoms with Gasteiger partial charge in [0.05, 0.1) is 12.3 Å². The largest absolute Gasteiger partial charge is 0.361 e. The van der Waals surface area contributed by atoms with Gasteiger partial charge in [0.1, 0.15) is 0 Å². The van der Waals surface area contributed by atoms with Gasteiger partial charge in [0.15, 0.2) is 0 Å². The average molecular weight is 143 g/mol. The van der Waals surface area contributed by atoms with Gasteiger partial charge in [-0.3, -0.25) is 5.32 Å². The zero-order chi connectivity index (χ0) is 7.61. The van der Waals surface area contributed by atoms with Gasteiger partial charge in [-0.15, -0.1) is 0 Å². The molecular formula is C8H17NO. The minimum Gasteiger partial charge on any atom is -0.361 e. The molecule has 0 spiro atoms. The third kappa shape index (κ3) is 3.85. The topological polar surface area (TPSA) is 21.3 Å². The lowest BCUT2D eigenvalue weighted by Crippen LogP contribution is -2.28. The van der Waals surface area contributed by atoms with Crippen molar-refractivity contribution in [1.82, 2.24) is 5.32 Å². The van der Waals surface area contributed by atoms with Gasteiger partial charge in [0.2, 0.25) is 0 Å². The predicted octanol–water partition coefficient (Wildman–Crippen LogP) is 1.51. The zero-order valence-electron chi connectivity index (χ0n) is 7.11. The summed E-state index contributed by atoms with van der Waals surface area (Å²) in [6.45, 7) is 6.92. The summed E-state index contributed by atoms with van der Waals surface area (Å²) in [6.07, 6.45) is 2.65. The van der Waals surface area contributed by atoms with E-state index in [0.29, 0.717) is 6.73 Å². The van der Waals surface area contributed by atoms with Crippen molar-refractivity contribution in [3.05, 3.63) is 0 Å². The van der Waals surface area contributed by atoms with Gasteiger partial charge in [-0.1, -0.05) is 0 Å². The molecule has 1 rings (SSSR count). The van der Waals surface area contributed by atoms with Crippen LogP contribution in [0.5, 0.6) is 0 Å². The fraction of sp³-hybridized carbons (Fsp3) is 1.00. The molecule has 2 nitrogen and oxygen atoms in total. The Kier molecular flexibility index (Phi) is 2.32. The molecule has 0 aromatic rings. The van der Waals surface area contributed by atoms with Crippen molar-refractivity contribution in [1.29, 1.82) is 0 Å². The second kappa shape index (κ2) is 2.89. The number of ether oxygens (including phenoxy) is 1. The number of rotatable bonds is 3. The highest BCUT2D eigenvalue weighted by molar-refractivity contribution is 4.79. The fourth-order valence-electron chi connectivity index (χ4n) is 0.663. The van der Waals surface area contributed by atoms with Crippen molar-refractivity contribution >= 4 is 0 Å². The smallest absolute Gasteiger partial charge is 0.0974 e. The molecule has 1 saturated carbocycles. The molecule has 0 amide bonds. The van der Waals surface area contributed by atoms with Crippen LogP contribution in [0.1, 0.15) is 33.6 Å². The highest BCUT2D eigenvalue weighted by atomic mass is 16.5. The van der Waals surface area contributed by atoms with Crippen LogP contribution < -0.4 is 5.32 Å². The molecule has 0 aromatic heterocycles. The van der Waals surface area contributed by atoms with Crippen LogP contribution in [-0.4, -0.2) is 18.4 Å². The van der Waals surface area contributed by atoms with Gasteiger partial charge in [-0.2, -0.15) is 0 Å². The van der Waals surface area contributed by atoms with E-state index in [1.54, 1.807) is 0 Å². The van der Waals surface area contributed by atoms with Crippen molar-refractivity contribution in [3.8, 4) is 0 Å². The summed E-state index contributed by atoms with van der Waals surface area (Å²) in [6, 6.07) is 0.752. The van der Waals surface area contributed by atoms with E-state index in [0.717, 1.165) is 6.04 Å². The van der Waals surface area contributed by atoms with Crippen LogP contribution in [-0.2, 0) is 4.74 Å². The molecule has 0 radical (unpaired) electrons. The number of hydrogen-bond donors (Lipinski definition) is 1. The summed E-state index contributed by atoms with van der Waals surface area (Å²) in [7, 11) is 0. The summed E-state index contributed by atoms with van der Waals surface area (Å²) >= 11 is 0. The molecule has 60 valence electrons. The van der Waals surface area contributed by atoms with Crippen LogP contribution in [0.25, 0.3) is 0 Å². The van der Waals surface area contributed by atoms with Gasteiger partial charge in [-0.05, 0) is 33.6 Å². The van der Waals surface area contributed by atoms with E-state index in [-0.39, 0.29) is 5.60 Å². The van der Waals surface area contributed by atoms with E-state index < -0.39 is 0 Å². The van der Waals surface area contributed by atoms with Crippen molar-refractivity contribution in [3.63, 3.8) is 0 Å². The molecular weight excluding hydrogens is 126 g/mol. The fourth-order valence-corrected chi connectivity index (χ4v) is 0.663. The summed E-state index contributed by atoms with van der Waals surface area (Å²) in [4.78, 5) is 0. The highest BCUT2D eigenvalue weighted by Crippen LogP contribution is 2.18. The first-order chi connectivity index (χ1) is 4.58. The second-order valence-electron chi connectivity index (χ2n) is 3.88. The number of nitrogens with one attached hydrogen (secondary N) is 1. The Bertz CT molecular complexity index is 102. The Balaban J connectivity index is 1.93. The van der Waals surface area contributed by atoms with Crippen LogP contribution in [0.3, 0.4) is 0 Å². The van der Waals surface area contributed by atoms with E-state index >= 15 is 0 Å². The highest BCUT2D eigenvalue weighted by Gasteiger charge is 2.20. The minimum absolute atomic E-state index is 0.00188. The van der Waals surface area contributed by atoms with Gasteiger partial charge in [0.25, 0.3) is 0 Å². The van der Waals surface area contributed by atoms with E-state index in [2.05, 4.69) is 26.1 Å². The average Bonchev–Trinajstić information content (AvgIpc) is 2.45. The van der Waals surface area contributed by atoms with E-state index in [9.17, 15) is 0 Å². The van der Waals surface area contributed by atoms with Crippen LogP contribution in [0.2, 0.25) is 0 Å².